The fraction of sp³-hybridized carbons (Fsp3) is 0.333. The largest absolute Gasteiger partial charge is 0.381 e. The third-order valence-electron chi connectivity index (χ3n) is 2.31. The molecule has 0 aliphatic carbocycles. The van der Waals surface area contributed by atoms with Crippen molar-refractivity contribution in [2.75, 3.05) is 11.6 Å². The molecule has 2 rings (SSSR count). The van der Waals surface area contributed by atoms with E-state index < -0.39 is 17.9 Å². The molecule has 7 heteroatoms. The maximum Gasteiger partial charge on any atom is 0.354 e. The van der Waals surface area contributed by atoms with Crippen molar-refractivity contribution in [3.63, 3.8) is 0 Å². The van der Waals surface area contributed by atoms with Gasteiger partial charge in [0.1, 0.15) is 0 Å². The molecule has 16 heavy (non-hydrogen) atoms. The Morgan fingerprint density at radius 1 is 1.62 bits per heavy atom. The molecule has 0 unspecified atom stereocenters. The number of pyridine rings is 1. The summed E-state index contributed by atoms with van der Waals surface area (Å²) in [6.45, 7) is 0. The summed E-state index contributed by atoms with van der Waals surface area (Å²) in [5, 5.41) is 12.0. The number of amides is 1. The van der Waals surface area contributed by atoms with Crippen LogP contribution in [-0.4, -0.2) is 28.2 Å². The van der Waals surface area contributed by atoms with Crippen molar-refractivity contribution in [2.24, 2.45) is 0 Å². The van der Waals surface area contributed by atoms with Gasteiger partial charge in [0.25, 0.3) is 5.91 Å². The Hall–Kier alpha value is -1.21. The molecule has 1 atom stereocenters. The minimum Gasteiger partial charge on any atom is -0.381 e. The number of aliphatic hydroxyl groups is 1. The number of nitrogens with one attached hydrogen (secondary N) is 1. The highest BCUT2D eigenvalue weighted by Gasteiger charge is 2.51. The molecule has 1 aromatic heterocycles. The standard InChI is InChI=1S/C9H8F2N2O2S/c1-16-6-2-5-4(3-12-6)7(14)9(10,11)8(15)13-5/h2-3,7,14H,1H3,(H,13,15)/t7-/m1/s1. The summed E-state index contributed by atoms with van der Waals surface area (Å²) < 4.78 is 26.3. The Bertz CT molecular complexity index is 453. The molecule has 1 aliphatic heterocycles. The summed E-state index contributed by atoms with van der Waals surface area (Å²) in [5.74, 6) is -5.30. The molecular weight excluding hydrogens is 238 g/mol. The average molecular weight is 246 g/mol. The molecule has 0 radical (unpaired) electrons. The van der Waals surface area contributed by atoms with E-state index in [0.717, 1.165) is 6.20 Å². The Morgan fingerprint density at radius 2 is 2.31 bits per heavy atom. The molecule has 0 saturated carbocycles. The number of fused-ring (bicyclic) bond motifs is 1. The van der Waals surface area contributed by atoms with Gasteiger partial charge in [0.15, 0.2) is 6.10 Å². The minimum atomic E-state index is -3.81. The van der Waals surface area contributed by atoms with Crippen LogP contribution in [0.25, 0.3) is 0 Å². The number of aromatic nitrogens is 1. The number of anilines is 1. The first-order chi connectivity index (χ1) is 7.46. The van der Waals surface area contributed by atoms with E-state index in [-0.39, 0.29) is 11.3 Å². The van der Waals surface area contributed by atoms with Gasteiger partial charge in [-0.3, -0.25) is 4.79 Å². The number of aliphatic hydroxyl groups excluding tert-OH is 1. The van der Waals surface area contributed by atoms with Crippen molar-refractivity contribution in [2.45, 2.75) is 17.1 Å². The number of alkyl halides is 2. The minimum absolute atomic E-state index is 0.0672. The first-order valence-corrected chi connectivity index (χ1v) is 5.60. The molecule has 2 N–H and O–H groups in total. The summed E-state index contributed by atoms with van der Waals surface area (Å²) in [5.41, 5.74) is 0.116. The molecule has 1 aromatic rings. The van der Waals surface area contributed by atoms with Crippen molar-refractivity contribution in [3.05, 3.63) is 17.8 Å². The topological polar surface area (TPSA) is 62.2 Å². The van der Waals surface area contributed by atoms with Crippen molar-refractivity contribution in [1.82, 2.24) is 4.98 Å². The molecule has 1 amide bonds. The molecule has 86 valence electrons. The Kier molecular flexibility index (Phi) is 2.59. The van der Waals surface area contributed by atoms with Crippen LogP contribution in [0.5, 0.6) is 0 Å². The lowest BCUT2D eigenvalue weighted by molar-refractivity contribution is -0.159. The van der Waals surface area contributed by atoms with Gasteiger partial charge in [-0.15, -0.1) is 11.8 Å². The van der Waals surface area contributed by atoms with E-state index in [9.17, 15) is 18.7 Å². The van der Waals surface area contributed by atoms with Gasteiger partial charge in [0.2, 0.25) is 0 Å². The van der Waals surface area contributed by atoms with Gasteiger partial charge in [0, 0.05) is 11.8 Å². The number of rotatable bonds is 1. The third-order valence-corrected chi connectivity index (χ3v) is 2.95. The van der Waals surface area contributed by atoms with E-state index in [1.807, 2.05) is 0 Å². The monoisotopic (exact) mass is 246 g/mol. The van der Waals surface area contributed by atoms with Crippen LogP contribution in [0.1, 0.15) is 11.7 Å². The summed E-state index contributed by atoms with van der Waals surface area (Å²) in [4.78, 5) is 14.9. The van der Waals surface area contributed by atoms with Gasteiger partial charge < -0.3 is 10.4 Å². The second kappa shape index (κ2) is 3.67. The number of nitrogens with zero attached hydrogens (tertiary/aromatic N) is 1. The van der Waals surface area contributed by atoms with Gasteiger partial charge in [-0.25, -0.2) is 4.98 Å². The van der Waals surface area contributed by atoms with Gasteiger partial charge in [-0.1, -0.05) is 0 Å². The van der Waals surface area contributed by atoms with Gasteiger partial charge >= 0.3 is 5.92 Å². The number of halogens is 2. The van der Waals surface area contributed by atoms with Crippen LogP contribution in [0.15, 0.2) is 17.3 Å². The second-order valence-electron chi connectivity index (χ2n) is 3.29. The summed E-state index contributed by atoms with van der Waals surface area (Å²) >= 11 is 1.31. The van der Waals surface area contributed by atoms with Gasteiger partial charge in [-0.2, -0.15) is 8.78 Å². The predicted octanol–water partition coefficient (Wildman–Crippen LogP) is 1.42. The number of thioether (sulfide) groups is 1. The van der Waals surface area contributed by atoms with Crippen LogP contribution in [-0.2, 0) is 4.79 Å². The molecular formula is C9H8F2N2O2S. The second-order valence-corrected chi connectivity index (χ2v) is 4.12. The van der Waals surface area contributed by atoms with E-state index in [1.165, 1.54) is 17.8 Å². The molecule has 2 heterocycles. The van der Waals surface area contributed by atoms with E-state index in [2.05, 4.69) is 10.3 Å². The number of carbonyl (C=O) groups is 1. The molecule has 4 nitrogen and oxygen atoms in total. The Balaban J connectivity index is 2.51. The number of hydrogen-bond donors (Lipinski definition) is 2. The van der Waals surface area contributed by atoms with E-state index in [1.54, 1.807) is 6.26 Å². The lowest BCUT2D eigenvalue weighted by Crippen LogP contribution is -2.44. The van der Waals surface area contributed by atoms with Gasteiger partial charge in [0.05, 0.1) is 10.7 Å². The highest BCUT2D eigenvalue weighted by molar-refractivity contribution is 7.98. The molecule has 0 fully saturated rings. The van der Waals surface area contributed by atoms with Crippen LogP contribution in [0.3, 0.4) is 0 Å². The zero-order chi connectivity index (χ0) is 11.9. The van der Waals surface area contributed by atoms with Crippen LogP contribution in [0.4, 0.5) is 14.5 Å². The molecule has 0 saturated heterocycles. The smallest absolute Gasteiger partial charge is 0.354 e. The van der Waals surface area contributed by atoms with E-state index in [4.69, 9.17) is 0 Å². The Labute approximate surface area is 94.1 Å². The average Bonchev–Trinajstić information content (AvgIpc) is 2.26. The lowest BCUT2D eigenvalue weighted by atomic mass is 9.99. The molecule has 0 spiro atoms. The number of hydrogen-bond acceptors (Lipinski definition) is 4. The fourth-order valence-corrected chi connectivity index (χ4v) is 1.80. The highest BCUT2D eigenvalue weighted by Crippen LogP contribution is 2.40. The predicted molar refractivity (Wildman–Crippen MR) is 54.6 cm³/mol. The zero-order valence-corrected chi connectivity index (χ0v) is 9.02. The molecule has 0 aromatic carbocycles. The zero-order valence-electron chi connectivity index (χ0n) is 8.20. The summed E-state index contributed by atoms with van der Waals surface area (Å²) in [6.07, 6.45) is 0.781. The number of carbonyl (C=O) groups excluding carboxylic acids is 1. The molecule has 0 bridgehead atoms. The fourth-order valence-electron chi connectivity index (χ4n) is 1.41. The van der Waals surface area contributed by atoms with Crippen LogP contribution in [0, 0.1) is 0 Å². The van der Waals surface area contributed by atoms with Crippen molar-refractivity contribution < 1.29 is 18.7 Å². The van der Waals surface area contributed by atoms with Crippen molar-refractivity contribution in [1.29, 1.82) is 0 Å². The Morgan fingerprint density at radius 3 is 2.94 bits per heavy atom. The first-order valence-electron chi connectivity index (χ1n) is 4.38. The maximum absolute atomic E-state index is 13.2. The van der Waals surface area contributed by atoms with Crippen molar-refractivity contribution >= 4 is 23.4 Å². The van der Waals surface area contributed by atoms with E-state index in [0.29, 0.717) is 5.03 Å². The molecule has 1 aliphatic rings. The van der Waals surface area contributed by atoms with Crippen LogP contribution in [0.2, 0.25) is 0 Å². The first kappa shape index (κ1) is 11.3. The SMILES string of the molecule is CSc1cc2c(cn1)[C@@H](O)C(F)(F)C(=O)N2. The third kappa shape index (κ3) is 1.56. The highest BCUT2D eigenvalue weighted by atomic mass is 32.2. The summed E-state index contributed by atoms with van der Waals surface area (Å²) in [7, 11) is 0. The van der Waals surface area contributed by atoms with Crippen LogP contribution < -0.4 is 5.32 Å². The van der Waals surface area contributed by atoms with E-state index >= 15 is 0 Å². The maximum atomic E-state index is 13.2. The van der Waals surface area contributed by atoms with Crippen molar-refractivity contribution in [3.8, 4) is 0 Å². The summed E-state index contributed by atoms with van der Waals surface area (Å²) in [6, 6.07) is 1.45. The lowest BCUT2D eigenvalue weighted by Gasteiger charge is -2.28. The quantitative estimate of drug-likeness (QED) is 0.736. The van der Waals surface area contributed by atoms with Gasteiger partial charge in [-0.05, 0) is 12.3 Å². The van der Waals surface area contributed by atoms with Crippen LogP contribution >= 0.6 is 11.8 Å². The normalized spacial score (nSPS) is 22.5.